The topological polar surface area (TPSA) is 112 Å². The molecule has 0 aliphatic carbocycles. The average Bonchev–Trinajstić information content (AvgIpc) is 3.38. The Kier molecular flexibility index (Phi) is 4.58. The van der Waals surface area contributed by atoms with Crippen LogP contribution in [-0.4, -0.2) is 36.3 Å². The number of carbonyl (C=O) groups is 1. The van der Waals surface area contributed by atoms with Crippen LogP contribution in [0.1, 0.15) is 16.2 Å². The highest BCUT2D eigenvalue weighted by molar-refractivity contribution is 6.30. The highest BCUT2D eigenvalue weighted by Gasteiger charge is 2.11. The van der Waals surface area contributed by atoms with Gasteiger partial charge in [0.05, 0.1) is 12.2 Å². The molecule has 2 heterocycles. The van der Waals surface area contributed by atoms with Crippen LogP contribution in [0.25, 0.3) is 17.1 Å². The molecule has 1 amide bonds. The molecule has 1 N–H and O–H groups in total. The minimum atomic E-state index is -0.263. The van der Waals surface area contributed by atoms with Crippen LogP contribution in [0.15, 0.2) is 59.4 Å². The van der Waals surface area contributed by atoms with E-state index in [9.17, 15) is 4.79 Å². The number of rotatable bonds is 5. The van der Waals surface area contributed by atoms with Gasteiger partial charge in [-0.2, -0.15) is 4.98 Å². The van der Waals surface area contributed by atoms with Crippen molar-refractivity contribution in [1.82, 2.24) is 35.7 Å². The molecular weight excluding hydrogens is 370 g/mol. The van der Waals surface area contributed by atoms with Gasteiger partial charge in [-0.1, -0.05) is 28.9 Å². The fraction of sp³-hybridized carbons (Fsp3) is 0.0588. The van der Waals surface area contributed by atoms with Gasteiger partial charge in [-0.25, -0.2) is 4.68 Å². The number of halogens is 1. The molecule has 0 unspecified atom stereocenters. The van der Waals surface area contributed by atoms with Crippen molar-refractivity contribution in [3.05, 3.63) is 71.3 Å². The van der Waals surface area contributed by atoms with Gasteiger partial charge < -0.3 is 9.84 Å². The second-order valence-electron chi connectivity index (χ2n) is 5.51. The van der Waals surface area contributed by atoms with E-state index in [0.717, 1.165) is 11.3 Å². The number of carbonyl (C=O) groups excluding carboxylic acids is 1. The summed E-state index contributed by atoms with van der Waals surface area (Å²) in [6, 6.07) is 14.0. The Labute approximate surface area is 158 Å². The molecule has 0 fully saturated rings. The van der Waals surface area contributed by atoms with Crippen LogP contribution in [0.3, 0.4) is 0 Å². The molecule has 0 aliphatic heterocycles. The lowest BCUT2D eigenvalue weighted by Gasteiger charge is -2.04. The number of benzene rings is 2. The van der Waals surface area contributed by atoms with Crippen LogP contribution in [0.5, 0.6) is 0 Å². The Hall–Kier alpha value is -3.59. The highest BCUT2D eigenvalue weighted by atomic mass is 35.5. The summed E-state index contributed by atoms with van der Waals surface area (Å²) in [4.78, 5) is 16.5. The molecule has 0 spiro atoms. The number of tetrazole rings is 1. The van der Waals surface area contributed by atoms with Gasteiger partial charge >= 0.3 is 0 Å². The Bertz CT molecular complexity index is 1060. The van der Waals surface area contributed by atoms with E-state index in [2.05, 4.69) is 31.0 Å². The number of hydrogen-bond acceptors (Lipinski definition) is 7. The first kappa shape index (κ1) is 16.9. The minimum Gasteiger partial charge on any atom is -0.343 e. The Morgan fingerprint density at radius 3 is 2.78 bits per heavy atom. The zero-order valence-electron chi connectivity index (χ0n) is 13.8. The predicted octanol–water partition coefficient (Wildman–Crippen LogP) is 2.30. The van der Waals surface area contributed by atoms with Gasteiger partial charge in [0.25, 0.3) is 5.91 Å². The maximum absolute atomic E-state index is 12.3. The maximum atomic E-state index is 12.3. The van der Waals surface area contributed by atoms with Crippen LogP contribution in [0.4, 0.5) is 0 Å². The van der Waals surface area contributed by atoms with E-state index in [-0.39, 0.29) is 12.5 Å². The SMILES string of the molecule is O=C(NCc1nc(-c2cccc(Cl)c2)no1)c1ccc(-n2cnnn2)cc1. The van der Waals surface area contributed by atoms with Gasteiger partial charge in [0.1, 0.15) is 6.33 Å². The van der Waals surface area contributed by atoms with E-state index in [1.165, 1.54) is 11.0 Å². The third kappa shape index (κ3) is 3.82. The van der Waals surface area contributed by atoms with Crippen LogP contribution in [0.2, 0.25) is 5.02 Å². The van der Waals surface area contributed by atoms with E-state index in [0.29, 0.717) is 22.3 Å². The average molecular weight is 382 g/mol. The lowest BCUT2D eigenvalue weighted by molar-refractivity contribution is 0.0946. The van der Waals surface area contributed by atoms with Crippen LogP contribution < -0.4 is 5.32 Å². The minimum absolute atomic E-state index is 0.112. The molecule has 9 nitrogen and oxygen atoms in total. The summed E-state index contributed by atoms with van der Waals surface area (Å²) in [5.41, 5.74) is 1.98. The number of nitrogens with one attached hydrogen (secondary N) is 1. The maximum Gasteiger partial charge on any atom is 0.251 e. The second kappa shape index (κ2) is 7.34. The van der Waals surface area contributed by atoms with E-state index in [1.54, 1.807) is 42.5 Å². The smallest absolute Gasteiger partial charge is 0.251 e. The molecule has 2 aromatic carbocycles. The van der Waals surface area contributed by atoms with Gasteiger partial charge in [0.2, 0.25) is 11.7 Å². The number of nitrogens with zero attached hydrogens (tertiary/aromatic N) is 6. The summed E-state index contributed by atoms with van der Waals surface area (Å²) in [6.07, 6.45) is 1.47. The van der Waals surface area contributed by atoms with Crippen molar-refractivity contribution in [2.45, 2.75) is 6.54 Å². The van der Waals surface area contributed by atoms with E-state index in [4.69, 9.17) is 16.1 Å². The molecule has 0 saturated carbocycles. The largest absolute Gasteiger partial charge is 0.343 e. The van der Waals surface area contributed by atoms with Crippen molar-refractivity contribution in [2.75, 3.05) is 0 Å². The van der Waals surface area contributed by atoms with E-state index < -0.39 is 0 Å². The van der Waals surface area contributed by atoms with Crippen LogP contribution >= 0.6 is 11.6 Å². The van der Waals surface area contributed by atoms with E-state index >= 15 is 0 Å². The standard InChI is InChI=1S/C17H12ClN7O2/c18-13-3-1-2-12(8-13)16-21-15(27-22-16)9-19-17(26)11-4-6-14(7-5-11)25-10-20-23-24-25/h1-8,10H,9H2,(H,19,26). The zero-order valence-corrected chi connectivity index (χ0v) is 14.5. The predicted molar refractivity (Wildman–Crippen MR) is 95.1 cm³/mol. The first-order chi connectivity index (χ1) is 13.2. The molecule has 0 atom stereocenters. The Morgan fingerprint density at radius 1 is 1.19 bits per heavy atom. The molecule has 0 bridgehead atoms. The summed E-state index contributed by atoms with van der Waals surface area (Å²) < 4.78 is 6.67. The van der Waals surface area contributed by atoms with Crippen molar-refractivity contribution < 1.29 is 9.32 Å². The molecule has 134 valence electrons. The van der Waals surface area contributed by atoms with Crippen molar-refractivity contribution in [3.8, 4) is 17.1 Å². The van der Waals surface area contributed by atoms with Gasteiger partial charge in [0.15, 0.2) is 0 Å². The fourth-order valence-electron chi connectivity index (χ4n) is 2.37. The summed E-state index contributed by atoms with van der Waals surface area (Å²) in [5, 5.41) is 18.1. The van der Waals surface area contributed by atoms with Gasteiger partial charge in [-0.3, -0.25) is 4.79 Å². The monoisotopic (exact) mass is 381 g/mol. The quantitative estimate of drug-likeness (QED) is 0.564. The summed E-state index contributed by atoms with van der Waals surface area (Å²) in [5.74, 6) is 0.442. The third-order valence-corrected chi connectivity index (χ3v) is 3.93. The van der Waals surface area contributed by atoms with Gasteiger partial charge in [-0.05, 0) is 46.8 Å². The third-order valence-electron chi connectivity index (χ3n) is 3.69. The lowest BCUT2D eigenvalue weighted by atomic mass is 10.2. The molecular formula is C17H12ClN7O2. The number of aromatic nitrogens is 6. The van der Waals surface area contributed by atoms with Crippen LogP contribution in [0, 0.1) is 0 Å². The summed E-state index contributed by atoms with van der Waals surface area (Å²) in [6.45, 7) is 0.112. The molecule has 27 heavy (non-hydrogen) atoms. The molecule has 0 radical (unpaired) electrons. The van der Waals surface area contributed by atoms with Crippen molar-refractivity contribution in [3.63, 3.8) is 0 Å². The molecule has 0 saturated heterocycles. The van der Waals surface area contributed by atoms with Crippen molar-refractivity contribution in [1.29, 1.82) is 0 Å². The van der Waals surface area contributed by atoms with Crippen molar-refractivity contribution >= 4 is 17.5 Å². The first-order valence-corrected chi connectivity index (χ1v) is 8.27. The lowest BCUT2D eigenvalue weighted by Crippen LogP contribution is -2.22. The number of hydrogen-bond donors (Lipinski definition) is 1. The number of amides is 1. The molecule has 4 rings (SSSR count). The Balaban J connectivity index is 1.39. The fourth-order valence-corrected chi connectivity index (χ4v) is 2.56. The molecule has 2 aromatic heterocycles. The molecule has 0 aliphatic rings. The summed E-state index contributed by atoms with van der Waals surface area (Å²) >= 11 is 5.96. The highest BCUT2D eigenvalue weighted by Crippen LogP contribution is 2.19. The van der Waals surface area contributed by atoms with E-state index in [1.807, 2.05) is 6.07 Å². The van der Waals surface area contributed by atoms with Crippen molar-refractivity contribution in [2.24, 2.45) is 0 Å². The normalized spacial score (nSPS) is 10.7. The Morgan fingerprint density at radius 2 is 2.04 bits per heavy atom. The summed E-state index contributed by atoms with van der Waals surface area (Å²) in [7, 11) is 0. The van der Waals surface area contributed by atoms with Crippen LogP contribution in [-0.2, 0) is 6.54 Å². The zero-order chi connectivity index (χ0) is 18.6. The van der Waals surface area contributed by atoms with Gasteiger partial charge in [-0.15, -0.1) is 5.10 Å². The first-order valence-electron chi connectivity index (χ1n) is 7.89. The van der Waals surface area contributed by atoms with Gasteiger partial charge in [0, 0.05) is 16.1 Å². The molecule has 10 heteroatoms. The molecule has 4 aromatic rings. The second-order valence-corrected chi connectivity index (χ2v) is 5.94.